The predicted molar refractivity (Wildman–Crippen MR) is 74.7 cm³/mol. The van der Waals surface area contributed by atoms with Crippen LogP contribution in [0.1, 0.15) is 38.5 Å². The molecule has 0 radical (unpaired) electrons. The van der Waals surface area contributed by atoms with Crippen LogP contribution in [0.5, 0.6) is 0 Å². The van der Waals surface area contributed by atoms with Gasteiger partial charge in [-0.05, 0) is 39.2 Å². The Kier molecular flexibility index (Phi) is 4.84. The van der Waals surface area contributed by atoms with Crippen LogP contribution in [-0.2, 0) is 14.6 Å². The largest absolute Gasteiger partial charge is 0.340 e. The molecule has 0 aliphatic carbocycles. The van der Waals surface area contributed by atoms with Crippen molar-refractivity contribution in [1.82, 2.24) is 10.2 Å². The zero-order valence-electron chi connectivity index (χ0n) is 11.6. The molecular weight excluding hydrogens is 264 g/mol. The van der Waals surface area contributed by atoms with Crippen LogP contribution < -0.4 is 5.32 Å². The number of nitrogens with one attached hydrogen (secondary N) is 1. The molecule has 2 atom stereocenters. The Hall–Kier alpha value is -0.620. The van der Waals surface area contributed by atoms with Crippen molar-refractivity contribution < 1.29 is 13.2 Å². The van der Waals surface area contributed by atoms with Gasteiger partial charge in [-0.15, -0.1) is 0 Å². The second-order valence-corrected chi connectivity index (χ2v) is 8.01. The summed E-state index contributed by atoms with van der Waals surface area (Å²) in [5, 5.41) is 2.69. The summed E-state index contributed by atoms with van der Waals surface area (Å²) in [5.41, 5.74) is 0. The Labute approximate surface area is 115 Å². The third-order valence-corrected chi connectivity index (χ3v) is 6.52. The Morgan fingerprint density at radius 2 is 1.95 bits per heavy atom. The van der Waals surface area contributed by atoms with Gasteiger partial charge >= 0.3 is 0 Å². The van der Waals surface area contributed by atoms with Gasteiger partial charge in [-0.1, -0.05) is 6.42 Å². The number of nitrogens with zero attached hydrogens (tertiary/aromatic N) is 1. The molecule has 2 aliphatic rings. The van der Waals surface area contributed by atoms with Gasteiger partial charge in [0.15, 0.2) is 9.84 Å². The minimum absolute atomic E-state index is 0.0702. The number of hydrogen-bond donors (Lipinski definition) is 1. The summed E-state index contributed by atoms with van der Waals surface area (Å²) >= 11 is 0. The van der Waals surface area contributed by atoms with E-state index >= 15 is 0 Å². The van der Waals surface area contributed by atoms with Crippen LogP contribution in [0.2, 0.25) is 0 Å². The molecule has 2 heterocycles. The SMILES string of the molecule is CNC1CCCCN(CC2CCCCS2(=O)=O)C1=O. The number of carbonyl (C=O) groups excluding carboxylic acids is 1. The van der Waals surface area contributed by atoms with Gasteiger partial charge in [-0.25, -0.2) is 8.42 Å². The second kappa shape index (κ2) is 6.22. The fraction of sp³-hybridized carbons (Fsp3) is 0.923. The van der Waals surface area contributed by atoms with Gasteiger partial charge in [0.1, 0.15) is 0 Å². The lowest BCUT2D eigenvalue weighted by molar-refractivity contribution is -0.132. The number of amides is 1. The van der Waals surface area contributed by atoms with E-state index in [0.29, 0.717) is 19.5 Å². The third-order valence-electron chi connectivity index (χ3n) is 4.27. The highest BCUT2D eigenvalue weighted by molar-refractivity contribution is 7.92. The molecule has 2 unspecified atom stereocenters. The molecule has 0 spiro atoms. The highest BCUT2D eigenvalue weighted by Gasteiger charge is 2.34. The summed E-state index contributed by atoms with van der Waals surface area (Å²) in [6.07, 6.45) is 5.27. The summed E-state index contributed by atoms with van der Waals surface area (Å²) in [6.45, 7) is 1.09. The number of hydrogen-bond acceptors (Lipinski definition) is 4. The summed E-state index contributed by atoms with van der Waals surface area (Å²) in [4.78, 5) is 14.1. The summed E-state index contributed by atoms with van der Waals surface area (Å²) in [7, 11) is -1.20. The Morgan fingerprint density at radius 3 is 2.63 bits per heavy atom. The smallest absolute Gasteiger partial charge is 0.239 e. The molecule has 1 amide bonds. The van der Waals surface area contributed by atoms with E-state index in [1.165, 1.54) is 0 Å². The lowest BCUT2D eigenvalue weighted by Crippen LogP contribution is -2.48. The van der Waals surface area contributed by atoms with E-state index in [9.17, 15) is 13.2 Å². The molecule has 0 aromatic carbocycles. The number of sulfone groups is 1. The fourth-order valence-corrected chi connectivity index (χ4v) is 4.90. The topological polar surface area (TPSA) is 66.5 Å². The second-order valence-electron chi connectivity index (χ2n) is 5.61. The maximum absolute atomic E-state index is 12.3. The molecule has 2 aliphatic heterocycles. The lowest BCUT2D eigenvalue weighted by Gasteiger charge is -2.30. The molecule has 2 saturated heterocycles. The Bertz CT molecular complexity index is 422. The Balaban J connectivity index is 2.05. The van der Waals surface area contributed by atoms with Gasteiger partial charge < -0.3 is 10.2 Å². The minimum Gasteiger partial charge on any atom is -0.340 e. The minimum atomic E-state index is -3.00. The van der Waals surface area contributed by atoms with Crippen LogP contribution in [0.25, 0.3) is 0 Å². The molecule has 0 bridgehead atoms. The highest BCUT2D eigenvalue weighted by Crippen LogP contribution is 2.22. The van der Waals surface area contributed by atoms with Crippen molar-refractivity contribution in [3.63, 3.8) is 0 Å². The zero-order chi connectivity index (χ0) is 13.9. The van der Waals surface area contributed by atoms with Crippen LogP contribution in [0, 0.1) is 0 Å². The van der Waals surface area contributed by atoms with Gasteiger partial charge in [0.2, 0.25) is 5.91 Å². The molecule has 19 heavy (non-hydrogen) atoms. The van der Waals surface area contributed by atoms with Crippen molar-refractivity contribution >= 4 is 15.7 Å². The van der Waals surface area contributed by atoms with Gasteiger partial charge in [0.05, 0.1) is 17.0 Å². The maximum atomic E-state index is 12.3. The van der Waals surface area contributed by atoms with E-state index in [-0.39, 0.29) is 23.0 Å². The lowest BCUT2D eigenvalue weighted by atomic mass is 10.1. The van der Waals surface area contributed by atoms with Crippen molar-refractivity contribution in [3.05, 3.63) is 0 Å². The molecule has 0 saturated carbocycles. The van der Waals surface area contributed by atoms with Crippen molar-refractivity contribution in [2.45, 2.75) is 49.8 Å². The van der Waals surface area contributed by atoms with Crippen LogP contribution in [0.15, 0.2) is 0 Å². The first-order valence-corrected chi connectivity index (χ1v) is 8.94. The number of likely N-dealkylation sites (tertiary alicyclic amines) is 1. The summed E-state index contributed by atoms with van der Waals surface area (Å²) in [5.74, 6) is 0.357. The van der Waals surface area contributed by atoms with E-state index in [1.54, 1.807) is 11.9 Å². The van der Waals surface area contributed by atoms with Crippen molar-refractivity contribution in [3.8, 4) is 0 Å². The monoisotopic (exact) mass is 288 g/mol. The number of carbonyl (C=O) groups is 1. The van der Waals surface area contributed by atoms with Crippen molar-refractivity contribution in [2.24, 2.45) is 0 Å². The molecule has 5 nitrogen and oxygen atoms in total. The van der Waals surface area contributed by atoms with Crippen LogP contribution in [0.4, 0.5) is 0 Å². The third kappa shape index (κ3) is 3.48. The molecule has 0 aromatic heterocycles. The predicted octanol–water partition coefficient (Wildman–Crippen LogP) is 0.554. The van der Waals surface area contributed by atoms with Gasteiger partial charge in [-0.2, -0.15) is 0 Å². The number of rotatable bonds is 3. The van der Waals surface area contributed by atoms with Crippen LogP contribution >= 0.6 is 0 Å². The van der Waals surface area contributed by atoms with E-state index in [2.05, 4.69) is 5.32 Å². The van der Waals surface area contributed by atoms with E-state index in [4.69, 9.17) is 0 Å². The highest BCUT2D eigenvalue weighted by atomic mass is 32.2. The molecule has 0 aromatic rings. The summed E-state index contributed by atoms with van der Waals surface area (Å²) < 4.78 is 24.1. The van der Waals surface area contributed by atoms with Gasteiger partial charge in [0.25, 0.3) is 0 Å². The maximum Gasteiger partial charge on any atom is 0.239 e. The molecule has 1 N–H and O–H groups in total. The molecular formula is C13H24N2O3S. The zero-order valence-corrected chi connectivity index (χ0v) is 12.4. The van der Waals surface area contributed by atoms with Crippen molar-refractivity contribution in [1.29, 1.82) is 0 Å². The fourth-order valence-electron chi connectivity index (χ4n) is 3.03. The first-order chi connectivity index (χ1) is 9.04. The van der Waals surface area contributed by atoms with Crippen LogP contribution in [0.3, 0.4) is 0 Å². The molecule has 2 rings (SSSR count). The normalized spacial score (nSPS) is 32.1. The first kappa shape index (κ1) is 14.8. The van der Waals surface area contributed by atoms with E-state index in [1.807, 2.05) is 0 Å². The van der Waals surface area contributed by atoms with E-state index in [0.717, 1.165) is 32.1 Å². The van der Waals surface area contributed by atoms with Crippen molar-refractivity contribution in [2.75, 3.05) is 25.9 Å². The standard InChI is InChI=1S/C13H24N2O3S/c1-14-12-7-2-4-8-15(13(12)16)10-11-6-3-5-9-19(11,17)18/h11-12,14H,2-10H2,1H3. The Morgan fingerprint density at radius 1 is 1.21 bits per heavy atom. The van der Waals surface area contributed by atoms with Gasteiger partial charge in [0, 0.05) is 13.1 Å². The van der Waals surface area contributed by atoms with Crippen LogP contribution in [-0.4, -0.2) is 56.4 Å². The average molecular weight is 288 g/mol. The first-order valence-electron chi connectivity index (χ1n) is 7.22. The average Bonchev–Trinajstić information content (AvgIpc) is 2.54. The van der Waals surface area contributed by atoms with Gasteiger partial charge in [-0.3, -0.25) is 4.79 Å². The molecule has 110 valence electrons. The summed E-state index contributed by atoms with van der Waals surface area (Å²) in [6, 6.07) is -0.145. The quantitative estimate of drug-likeness (QED) is 0.824. The molecule has 6 heteroatoms. The molecule has 2 fully saturated rings. The number of likely N-dealkylation sites (N-methyl/N-ethyl adjacent to an activating group) is 1. The van der Waals surface area contributed by atoms with E-state index < -0.39 is 9.84 Å².